The Balaban J connectivity index is 1.25. The minimum atomic E-state index is -0.0450. The largest absolute Gasteiger partial charge is 0.497 e. The van der Waals surface area contributed by atoms with E-state index in [1.807, 2.05) is 47.4 Å². The maximum atomic E-state index is 12.5. The topological polar surface area (TPSA) is 72.9 Å². The first-order valence-electron chi connectivity index (χ1n) is 9.91. The quantitative estimate of drug-likeness (QED) is 0.642. The Morgan fingerprint density at radius 3 is 2.50 bits per heavy atom. The number of benzene rings is 2. The molecule has 0 atom stereocenters. The third-order valence-electron chi connectivity index (χ3n) is 5.18. The number of hydrogen-bond acceptors (Lipinski definition) is 6. The van der Waals surface area contributed by atoms with Gasteiger partial charge < -0.3 is 24.4 Å². The summed E-state index contributed by atoms with van der Waals surface area (Å²) in [5, 5.41) is 3.65. The number of thiazole rings is 1. The van der Waals surface area contributed by atoms with Crippen LogP contribution in [-0.2, 0) is 6.54 Å². The fraction of sp³-hybridized carbons (Fsp3) is 0.364. The summed E-state index contributed by atoms with van der Waals surface area (Å²) in [7, 11) is 3.29. The number of urea groups is 1. The lowest BCUT2D eigenvalue weighted by Gasteiger charge is -2.31. The zero-order valence-electron chi connectivity index (χ0n) is 17.1. The van der Waals surface area contributed by atoms with E-state index < -0.39 is 0 Å². The molecule has 8 heteroatoms. The average Bonchev–Trinajstić information content (AvgIpc) is 3.19. The van der Waals surface area contributed by atoms with Crippen molar-refractivity contribution in [1.82, 2.24) is 15.2 Å². The summed E-state index contributed by atoms with van der Waals surface area (Å²) in [5.41, 5.74) is 1.95. The molecule has 2 aromatic carbocycles. The van der Waals surface area contributed by atoms with Gasteiger partial charge in [-0.15, -0.1) is 0 Å². The number of amides is 2. The molecule has 0 unspecified atom stereocenters. The highest BCUT2D eigenvalue weighted by Crippen LogP contribution is 2.32. The van der Waals surface area contributed by atoms with Crippen molar-refractivity contribution in [3.8, 4) is 16.7 Å². The number of carbonyl (C=O) groups excluding carboxylic acids is 1. The normalized spacial score (nSPS) is 14.5. The molecule has 3 aromatic rings. The highest BCUT2D eigenvalue weighted by Gasteiger charge is 2.24. The third-order valence-corrected chi connectivity index (χ3v) is 6.08. The fourth-order valence-corrected chi connectivity index (χ4v) is 4.32. The van der Waals surface area contributed by atoms with Crippen LogP contribution in [0.4, 0.5) is 4.79 Å². The van der Waals surface area contributed by atoms with Crippen molar-refractivity contribution < 1.29 is 19.0 Å². The number of piperidine rings is 1. The van der Waals surface area contributed by atoms with Gasteiger partial charge in [-0.05, 0) is 35.9 Å². The van der Waals surface area contributed by atoms with E-state index in [9.17, 15) is 4.79 Å². The summed E-state index contributed by atoms with van der Waals surface area (Å²) in [6.07, 6.45) is 1.64. The number of likely N-dealkylation sites (tertiary alicyclic amines) is 1. The highest BCUT2D eigenvalue weighted by atomic mass is 32.1. The molecule has 0 spiro atoms. The van der Waals surface area contributed by atoms with Gasteiger partial charge in [0.25, 0.3) is 5.19 Å². The first-order valence-corrected chi connectivity index (χ1v) is 10.7. The number of carbonyl (C=O) groups is 1. The summed E-state index contributed by atoms with van der Waals surface area (Å²) < 4.78 is 17.5. The molecule has 2 heterocycles. The summed E-state index contributed by atoms with van der Waals surface area (Å²) >= 11 is 1.52. The highest BCUT2D eigenvalue weighted by molar-refractivity contribution is 7.20. The van der Waals surface area contributed by atoms with Crippen LogP contribution < -0.4 is 19.5 Å². The number of methoxy groups -OCH3 is 2. The van der Waals surface area contributed by atoms with Gasteiger partial charge in [0.15, 0.2) is 0 Å². The van der Waals surface area contributed by atoms with Gasteiger partial charge in [-0.25, -0.2) is 9.78 Å². The van der Waals surface area contributed by atoms with Gasteiger partial charge in [0.05, 0.1) is 24.4 Å². The van der Waals surface area contributed by atoms with Gasteiger partial charge in [-0.2, -0.15) is 0 Å². The van der Waals surface area contributed by atoms with Gasteiger partial charge in [0.1, 0.15) is 17.6 Å². The van der Waals surface area contributed by atoms with Crippen molar-refractivity contribution >= 4 is 27.6 Å². The van der Waals surface area contributed by atoms with Crippen molar-refractivity contribution in [3.05, 3.63) is 48.0 Å². The average molecular weight is 428 g/mol. The Kier molecular flexibility index (Phi) is 6.23. The van der Waals surface area contributed by atoms with Crippen molar-refractivity contribution in [2.75, 3.05) is 27.3 Å². The Hall–Kier alpha value is -3.00. The van der Waals surface area contributed by atoms with E-state index in [0.717, 1.165) is 40.1 Å². The van der Waals surface area contributed by atoms with E-state index in [0.29, 0.717) is 24.8 Å². The zero-order valence-corrected chi connectivity index (χ0v) is 17.9. The van der Waals surface area contributed by atoms with Crippen molar-refractivity contribution in [1.29, 1.82) is 0 Å². The Morgan fingerprint density at radius 1 is 1.10 bits per heavy atom. The van der Waals surface area contributed by atoms with Crippen LogP contribution in [0.15, 0.2) is 42.5 Å². The van der Waals surface area contributed by atoms with Crippen LogP contribution in [-0.4, -0.2) is 49.3 Å². The molecule has 0 aliphatic carbocycles. The maximum Gasteiger partial charge on any atom is 0.317 e. The summed E-state index contributed by atoms with van der Waals surface area (Å²) in [6, 6.07) is 13.4. The number of fused-ring (bicyclic) bond motifs is 1. The molecule has 0 saturated carbocycles. The lowest BCUT2D eigenvalue weighted by molar-refractivity contribution is 0.111. The van der Waals surface area contributed by atoms with Crippen LogP contribution in [0.5, 0.6) is 16.7 Å². The van der Waals surface area contributed by atoms with Crippen LogP contribution in [0, 0.1) is 0 Å². The van der Waals surface area contributed by atoms with Gasteiger partial charge in [0.2, 0.25) is 0 Å². The first-order chi connectivity index (χ1) is 14.6. The van der Waals surface area contributed by atoms with Crippen molar-refractivity contribution in [2.24, 2.45) is 0 Å². The Labute approximate surface area is 179 Å². The molecule has 4 rings (SSSR count). The number of aromatic nitrogens is 1. The number of nitrogens with zero attached hydrogens (tertiary/aromatic N) is 2. The lowest BCUT2D eigenvalue weighted by atomic mass is 10.1. The molecular weight excluding hydrogens is 402 g/mol. The van der Waals surface area contributed by atoms with Crippen LogP contribution >= 0.6 is 11.3 Å². The summed E-state index contributed by atoms with van der Waals surface area (Å²) in [5.74, 6) is 1.62. The minimum absolute atomic E-state index is 0.0450. The Bertz CT molecular complexity index is 997. The van der Waals surface area contributed by atoms with E-state index >= 15 is 0 Å². The molecule has 2 amide bonds. The maximum absolute atomic E-state index is 12.5. The number of nitrogens with one attached hydrogen (secondary N) is 1. The predicted molar refractivity (Wildman–Crippen MR) is 117 cm³/mol. The second kappa shape index (κ2) is 9.21. The van der Waals surface area contributed by atoms with E-state index in [1.165, 1.54) is 11.3 Å². The van der Waals surface area contributed by atoms with E-state index in [-0.39, 0.29) is 12.1 Å². The molecule has 1 N–H and O–H groups in total. The fourth-order valence-electron chi connectivity index (χ4n) is 3.41. The second-order valence-electron chi connectivity index (χ2n) is 7.12. The van der Waals surface area contributed by atoms with Crippen LogP contribution in [0.25, 0.3) is 10.2 Å². The van der Waals surface area contributed by atoms with Gasteiger partial charge >= 0.3 is 6.03 Å². The van der Waals surface area contributed by atoms with Crippen molar-refractivity contribution in [3.63, 3.8) is 0 Å². The smallest absolute Gasteiger partial charge is 0.317 e. The molecule has 158 valence electrons. The van der Waals surface area contributed by atoms with E-state index in [1.54, 1.807) is 14.2 Å². The number of hydrogen-bond donors (Lipinski definition) is 1. The Morgan fingerprint density at radius 2 is 1.80 bits per heavy atom. The van der Waals surface area contributed by atoms with Gasteiger partial charge in [-0.3, -0.25) is 0 Å². The van der Waals surface area contributed by atoms with E-state index in [2.05, 4.69) is 10.3 Å². The molecule has 0 radical (unpaired) electrons. The molecule has 0 bridgehead atoms. The zero-order chi connectivity index (χ0) is 20.9. The summed E-state index contributed by atoms with van der Waals surface area (Å²) in [4.78, 5) is 18.9. The van der Waals surface area contributed by atoms with Crippen LogP contribution in [0.1, 0.15) is 18.4 Å². The molecule has 1 saturated heterocycles. The monoisotopic (exact) mass is 427 g/mol. The van der Waals surface area contributed by atoms with Crippen LogP contribution in [0.3, 0.4) is 0 Å². The minimum Gasteiger partial charge on any atom is -0.497 e. The number of ether oxygens (including phenoxy) is 3. The van der Waals surface area contributed by atoms with E-state index in [4.69, 9.17) is 14.2 Å². The predicted octanol–water partition coefficient (Wildman–Crippen LogP) is 4.07. The van der Waals surface area contributed by atoms with Gasteiger partial charge in [-0.1, -0.05) is 23.5 Å². The molecule has 30 heavy (non-hydrogen) atoms. The van der Waals surface area contributed by atoms with Crippen molar-refractivity contribution in [2.45, 2.75) is 25.5 Å². The molecule has 1 fully saturated rings. The molecule has 1 aliphatic rings. The molecular formula is C22H25N3O4S. The molecule has 1 aromatic heterocycles. The molecule has 7 nitrogen and oxygen atoms in total. The third kappa shape index (κ3) is 4.76. The second-order valence-corrected chi connectivity index (χ2v) is 8.12. The first kappa shape index (κ1) is 20.3. The van der Waals surface area contributed by atoms with Gasteiger partial charge in [0, 0.05) is 32.5 Å². The van der Waals surface area contributed by atoms with Crippen LogP contribution in [0.2, 0.25) is 0 Å². The molecule has 1 aliphatic heterocycles. The SMILES string of the molecule is COc1ccc(CNC(=O)N2CCC(Oc3nc4ccc(OC)cc4s3)CC2)cc1. The lowest BCUT2D eigenvalue weighted by Crippen LogP contribution is -2.46. The summed E-state index contributed by atoms with van der Waals surface area (Å²) in [6.45, 7) is 1.82. The number of rotatable bonds is 6. The standard InChI is InChI=1S/C22H25N3O4S/c1-27-16-5-3-15(4-6-16)14-23-21(26)25-11-9-17(10-12-25)29-22-24-19-8-7-18(28-2)13-20(19)30-22/h3-8,13,17H,9-12,14H2,1-2H3,(H,23,26).